The van der Waals surface area contributed by atoms with Crippen molar-refractivity contribution < 1.29 is 9.90 Å². The summed E-state index contributed by atoms with van der Waals surface area (Å²) in [5.41, 5.74) is 5.18. The number of carboxylic acid groups (broad SMARTS) is 1. The van der Waals surface area contributed by atoms with E-state index in [1.807, 2.05) is 42.5 Å². The summed E-state index contributed by atoms with van der Waals surface area (Å²) >= 11 is 12.1. The number of allylic oxidation sites excluding steroid dienone is 1. The lowest BCUT2D eigenvalue weighted by molar-refractivity contribution is 0.0696. The number of carbonyl (C=O) groups is 1. The molecular formula is C25H20Cl2N2O2. The van der Waals surface area contributed by atoms with Gasteiger partial charge in [-0.3, -0.25) is 4.99 Å². The number of rotatable bonds is 5. The van der Waals surface area contributed by atoms with Crippen LogP contribution in [0.15, 0.2) is 77.8 Å². The molecule has 0 fully saturated rings. The molecule has 3 aromatic carbocycles. The maximum Gasteiger partial charge on any atom is 0.335 e. The van der Waals surface area contributed by atoms with Crippen molar-refractivity contribution in [3.63, 3.8) is 0 Å². The molecule has 0 amide bonds. The molecule has 6 heteroatoms. The fourth-order valence-electron chi connectivity index (χ4n) is 3.58. The second-order valence-electron chi connectivity index (χ2n) is 7.22. The second-order valence-corrected chi connectivity index (χ2v) is 8.03. The van der Waals surface area contributed by atoms with Gasteiger partial charge < -0.3 is 10.0 Å². The zero-order valence-corrected chi connectivity index (χ0v) is 18.1. The van der Waals surface area contributed by atoms with Gasteiger partial charge in [0.05, 0.1) is 27.9 Å². The summed E-state index contributed by atoms with van der Waals surface area (Å²) < 4.78 is 0. The Balaban J connectivity index is 1.62. The molecule has 31 heavy (non-hydrogen) atoms. The molecule has 1 heterocycles. The number of aliphatic imine (C=N–C) groups is 1. The van der Waals surface area contributed by atoms with Crippen LogP contribution in [0.5, 0.6) is 0 Å². The monoisotopic (exact) mass is 450 g/mol. The van der Waals surface area contributed by atoms with E-state index >= 15 is 0 Å². The Morgan fingerprint density at radius 3 is 2.65 bits per heavy atom. The van der Waals surface area contributed by atoms with Crippen LogP contribution in [-0.4, -0.2) is 29.9 Å². The van der Waals surface area contributed by atoms with Gasteiger partial charge >= 0.3 is 5.97 Å². The van der Waals surface area contributed by atoms with Crippen LogP contribution in [0.1, 0.15) is 27.0 Å². The van der Waals surface area contributed by atoms with E-state index in [1.165, 1.54) is 0 Å². The predicted octanol–water partition coefficient (Wildman–Crippen LogP) is 6.21. The van der Waals surface area contributed by atoms with Crippen LogP contribution in [0.3, 0.4) is 0 Å². The van der Waals surface area contributed by atoms with Crippen molar-refractivity contribution in [2.24, 2.45) is 4.99 Å². The van der Waals surface area contributed by atoms with Crippen molar-refractivity contribution in [2.75, 3.05) is 18.0 Å². The van der Waals surface area contributed by atoms with Gasteiger partial charge in [-0.1, -0.05) is 65.7 Å². The topological polar surface area (TPSA) is 52.9 Å². The highest BCUT2D eigenvalue weighted by Crippen LogP contribution is 2.27. The molecule has 4 rings (SSSR count). The van der Waals surface area contributed by atoms with Gasteiger partial charge in [-0.15, -0.1) is 0 Å². The van der Waals surface area contributed by atoms with E-state index in [-0.39, 0.29) is 0 Å². The van der Waals surface area contributed by atoms with Crippen molar-refractivity contribution >= 4 is 46.6 Å². The number of aromatic carboxylic acids is 1. The number of para-hydroxylation sites is 1. The fourth-order valence-corrected chi connectivity index (χ4v) is 3.89. The standard InChI is InChI=1S/C25H20Cl2N2O2/c26-21-10-8-17(15-22(21)27)9-11-23-20-6-1-2-7-24(20)29(13-12-28-23)16-18-4-3-5-19(14-18)25(30)31/h1-11,14-15H,12-13,16H2,(H,30,31)/b11-9+. The molecule has 0 atom stereocenters. The first-order chi connectivity index (χ1) is 15.0. The van der Waals surface area contributed by atoms with E-state index in [0.29, 0.717) is 28.7 Å². The number of hydrogen-bond donors (Lipinski definition) is 1. The van der Waals surface area contributed by atoms with Gasteiger partial charge in [-0.25, -0.2) is 4.79 Å². The van der Waals surface area contributed by atoms with Crippen molar-refractivity contribution in [2.45, 2.75) is 6.54 Å². The first-order valence-corrected chi connectivity index (χ1v) is 10.6. The fraction of sp³-hybridized carbons (Fsp3) is 0.120. The Labute approximate surface area is 191 Å². The van der Waals surface area contributed by atoms with Gasteiger partial charge in [0.25, 0.3) is 0 Å². The summed E-state index contributed by atoms with van der Waals surface area (Å²) in [5.74, 6) is -0.920. The van der Waals surface area contributed by atoms with E-state index in [0.717, 1.165) is 34.6 Å². The first-order valence-electron chi connectivity index (χ1n) is 9.85. The van der Waals surface area contributed by atoms with E-state index in [4.69, 9.17) is 28.2 Å². The van der Waals surface area contributed by atoms with E-state index in [2.05, 4.69) is 17.0 Å². The molecule has 0 saturated heterocycles. The SMILES string of the molecule is O=C(O)c1cccc(CN2CCN=C(/C=C/c3ccc(Cl)c(Cl)c3)c3ccccc32)c1. The molecule has 156 valence electrons. The third-order valence-corrected chi connectivity index (χ3v) is 5.84. The predicted molar refractivity (Wildman–Crippen MR) is 128 cm³/mol. The number of carboxylic acids is 1. The minimum atomic E-state index is -0.920. The molecule has 0 bridgehead atoms. The third-order valence-electron chi connectivity index (χ3n) is 5.10. The lowest BCUT2D eigenvalue weighted by atomic mass is 10.0. The zero-order valence-electron chi connectivity index (χ0n) is 16.6. The highest BCUT2D eigenvalue weighted by atomic mass is 35.5. The zero-order chi connectivity index (χ0) is 21.8. The van der Waals surface area contributed by atoms with Crippen LogP contribution >= 0.6 is 23.2 Å². The first kappa shape index (κ1) is 21.2. The van der Waals surface area contributed by atoms with Gasteiger partial charge in [0, 0.05) is 24.3 Å². The Bertz CT molecular complexity index is 1190. The minimum Gasteiger partial charge on any atom is -0.478 e. The van der Waals surface area contributed by atoms with Crippen molar-refractivity contribution in [1.82, 2.24) is 0 Å². The van der Waals surface area contributed by atoms with Gasteiger partial charge in [0.2, 0.25) is 0 Å². The maximum atomic E-state index is 11.3. The van der Waals surface area contributed by atoms with Crippen LogP contribution in [0.4, 0.5) is 5.69 Å². The number of benzene rings is 3. The third kappa shape index (κ3) is 4.98. The highest BCUT2D eigenvalue weighted by Gasteiger charge is 2.17. The van der Waals surface area contributed by atoms with Crippen molar-refractivity contribution in [3.8, 4) is 0 Å². The number of halogens is 2. The molecular weight excluding hydrogens is 431 g/mol. The van der Waals surface area contributed by atoms with Crippen LogP contribution in [-0.2, 0) is 6.54 Å². The summed E-state index contributed by atoms with van der Waals surface area (Å²) in [7, 11) is 0. The molecule has 0 aliphatic carbocycles. The van der Waals surface area contributed by atoms with Crippen LogP contribution in [0.2, 0.25) is 10.0 Å². The van der Waals surface area contributed by atoms with Gasteiger partial charge in [-0.05, 0) is 47.5 Å². The molecule has 0 radical (unpaired) electrons. The number of benzodiazepines with no additional fused rings is 1. The van der Waals surface area contributed by atoms with Crippen molar-refractivity contribution in [1.29, 1.82) is 0 Å². The molecule has 3 aromatic rings. The summed E-state index contributed by atoms with van der Waals surface area (Å²) in [6, 6.07) is 20.7. The summed E-state index contributed by atoms with van der Waals surface area (Å²) in [6.45, 7) is 1.98. The van der Waals surface area contributed by atoms with Crippen LogP contribution < -0.4 is 4.90 Å². The largest absolute Gasteiger partial charge is 0.478 e. The van der Waals surface area contributed by atoms with Gasteiger partial charge in [0.15, 0.2) is 0 Å². The Hall–Kier alpha value is -3.08. The Morgan fingerprint density at radius 1 is 1.00 bits per heavy atom. The lowest BCUT2D eigenvalue weighted by Gasteiger charge is -2.25. The molecule has 1 aliphatic heterocycles. The summed E-state index contributed by atoms with van der Waals surface area (Å²) in [6.07, 6.45) is 3.97. The number of fused-ring (bicyclic) bond motifs is 1. The van der Waals surface area contributed by atoms with E-state index < -0.39 is 5.97 Å². The Morgan fingerprint density at radius 2 is 1.84 bits per heavy atom. The van der Waals surface area contributed by atoms with Crippen LogP contribution in [0, 0.1) is 0 Å². The Kier molecular flexibility index (Phi) is 6.40. The van der Waals surface area contributed by atoms with Gasteiger partial charge in [-0.2, -0.15) is 0 Å². The quantitative estimate of drug-likeness (QED) is 0.502. The molecule has 0 saturated carbocycles. The molecule has 1 N–H and O–H groups in total. The highest BCUT2D eigenvalue weighted by molar-refractivity contribution is 6.42. The van der Waals surface area contributed by atoms with Crippen LogP contribution in [0.25, 0.3) is 6.08 Å². The number of nitrogens with zero attached hydrogens (tertiary/aromatic N) is 2. The van der Waals surface area contributed by atoms with E-state index in [1.54, 1.807) is 24.3 Å². The lowest BCUT2D eigenvalue weighted by Crippen LogP contribution is -2.25. The average Bonchev–Trinajstić information content (AvgIpc) is 2.94. The average molecular weight is 451 g/mol. The smallest absolute Gasteiger partial charge is 0.335 e. The molecule has 0 aromatic heterocycles. The molecule has 4 nitrogen and oxygen atoms in total. The molecule has 0 spiro atoms. The summed E-state index contributed by atoms with van der Waals surface area (Å²) in [4.78, 5) is 18.3. The normalized spacial score (nSPS) is 13.6. The van der Waals surface area contributed by atoms with Gasteiger partial charge in [0.1, 0.15) is 0 Å². The molecule has 0 unspecified atom stereocenters. The van der Waals surface area contributed by atoms with E-state index in [9.17, 15) is 9.90 Å². The maximum absolute atomic E-state index is 11.3. The summed E-state index contributed by atoms with van der Waals surface area (Å²) in [5, 5.41) is 10.3. The molecule has 1 aliphatic rings. The number of anilines is 1. The number of hydrogen-bond acceptors (Lipinski definition) is 3. The minimum absolute atomic E-state index is 0.294. The van der Waals surface area contributed by atoms with Crippen molar-refractivity contribution in [3.05, 3.63) is 105 Å². The second kappa shape index (κ2) is 9.38.